The van der Waals surface area contributed by atoms with Crippen LogP contribution in [0.4, 0.5) is 0 Å². The van der Waals surface area contributed by atoms with Gasteiger partial charge >= 0.3 is 0 Å². The third-order valence-electron chi connectivity index (χ3n) is 2.87. The molecule has 0 heterocycles. The van der Waals surface area contributed by atoms with Gasteiger partial charge in [-0.3, -0.25) is 0 Å². The number of hydrogen-bond donors (Lipinski definition) is 0. The molecule has 0 amide bonds. The third-order valence-corrected chi connectivity index (χ3v) is 2.87. The van der Waals surface area contributed by atoms with Crippen LogP contribution in [-0.2, 0) is 0 Å². The second-order valence-corrected chi connectivity index (χ2v) is 3.48. The molecule has 8 heavy (non-hydrogen) atoms. The summed E-state index contributed by atoms with van der Waals surface area (Å²) in [7, 11) is 0. The van der Waals surface area contributed by atoms with Crippen molar-refractivity contribution < 1.29 is 0 Å². The number of rotatable bonds is 0. The highest BCUT2D eigenvalue weighted by Gasteiger charge is 2.27. The zero-order chi connectivity index (χ0) is 5.40. The maximum atomic E-state index is 1.58. The monoisotopic (exact) mass is 110 g/mol. The molecule has 2 rings (SSSR count). The summed E-state index contributed by atoms with van der Waals surface area (Å²) in [6.07, 6.45) is 9.34. The Labute approximate surface area is 51.3 Å². The summed E-state index contributed by atoms with van der Waals surface area (Å²) in [6.45, 7) is 0. The number of fused-ring (bicyclic) bond motifs is 2. The highest BCUT2D eigenvalue weighted by molar-refractivity contribution is 4.80. The molecule has 0 radical (unpaired) electrons. The van der Waals surface area contributed by atoms with Gasteiger partial charge in [-0.1, -0.05) is 32.1 Å². The number of hydrogen-bond acceptors (Lipinski definition) is 0. The van der Waals surface area contributed by atoms with Crippen molar-refractivity contribution in [3.63, 3.8) is 0 Å². The fourth-order valence-electron chi connectivity index (χ4n) is 2.40. The van der Waals surface area contributed by atoms with Crippen LogP contribution in [0.2, 0.25) is 0 Å². The van der Waals surface area contributed by atoms with Crippen molar-refractivity contribution in [2.24, 2.45) is 11.8 Å². The van der Waals surface area contributed by atoms with Gasteiger partial charge in [0, 0.05) is 0 Å². The van der Waals surface area contributed by atoms with Crippen molar-refractivity contribution in [3.05, 3.63) is 0 Å². The lowest BCUT2D eigenvalue weighted by molar-refractivity contribution is 0.359. The zero-order valence-electron chi connectivity index (χ0n) is 5.40. The van der Waals surface area contributed by atoms with E-state index in [4.69, 9.17) is 0 Å². The van der Waals surface area contributed by atoms with Crippen molar-refractivity contribution in [3.8, 4) is 0 Å². The molecule has 0 aliphatic heterocycles. The van der Waals surface area contributed by atoms with Crippen LogP contribution in [0, 0.1) is 11.8 Å². The van der Waals surface area contributed by atoms with Crippen LogP contribution in [0.15, 0.2) is 0 Å². The van der Waals surface area contributed by atoms with E-state index in [0.717, 1.165) is 11.8 Å². The van der Waals surface area contributed by atoms with Crippen LogP contribution in [-0.4, -0.2) is 0 Å². The molecule has 2 atom stereocenters. The van der Waals surface area contributed by atoms with Crippen LogP contribution in [0.1, 0.15) is 38.5 Å². The van der Waals surface area contributed by atoms with Gasteiger partial charge in [0.2, 0.25) is 0 Å². The molecule has 0 N–H and O–H groups in total. The Morgan fingerprint density at radius 3 is 1.88 bits per heavy atom. The van der Waals surface area contributed by atoms with Crippen LogP contribution in [0.3, 0.4) is 0 Å². The molecule has 2 saturated carbocycles. The summed E-state index contributed by atoms with van der Waals surface area (Å²) in [6, 6.07) is 0. The second kappa shape index (κ2) is 1.75. The average molecular weight is 110 g/mol. The fourth-order valence-corrected chi connectivity index (χ4v) is 2.40. The SMILES string of the molecule is C1C[C@@H]2CC[C@@H](C1)C2. The van der Waals surface area contributed by atoms with E-state index in [0.29, 0.717) is 0 Å². The van der Waals surface area contributed by atoms with Gasteiger partial charge < -0.3 is 0 Å². The summed E-state index contributed by atoms with van der Waals surface area (Å²) >= 11 is 0. The molecule has 0 unspecified atom stereocenters. The van der Waals surface area contributed by atoms with Gasteiger partial charge in [-0.25, -0.2) is 0 Å². The van der Waals surface area contributed by atoms with Gasteiger partial charge in [-0.15, -0.1) is 0 Å². The van der Waals surface area contributed by atoms with E-state index < -0.39 is 0 Å². The van der Waals surface area contributed by atoms with E-state index in [9.17, 15) is 0 Å². The molecule has 0 aromatic heterocycles. The minimum Gasteiger partial charge on any atom is -0.0528 e. The van der Waals surface area contributed by atoms with Crippen molar-refractivity contribution in [2.45, 2.75) is 38.5 Å². The Morgan fingerprint density at radius 1 is 0.750 bits per heavy atom. The smallest absolute Gasteiger partial charge is 0.0412 e. The van der Waals surface area contributed by atoms with Crippen LogP contribution in [0.25, 0.3) is 0 Å². The predicted octanol–water partition coefficient (Wildman–Crippen LogP) is 2.59. The van der Waals surface area contributed by atoms with Gasteiger partial charge in [0.15, 0.2) is 0 Å². The predicted molar refractivity (Wildman–Crippen MR) is 34.7 cm³/mol. The van der Waals surface area contributed by atoms with E-state index in [-0.39, 0.29) is 0 Å². The van der Waals surface area contributed by atoms with Crippen molar-refractivity contribution in [1.82, 2.24) is 0 Å². The highest BCUT2D eigenvalue weighted by Crippen LogP contribution is 2.41. The molecule has 0 spiro atoms. The van der Waals surface area contributed by atoms with E-state index in [1.807, 2.05) is 0 Å². The summed E-state index contributed by atoms with van der Waals surface area (Å²) in [5, 5.41) is 0. The normalized spacial score (nSPS) is 45.0. The van der Waals surface area contributed by atoms with Gasteiger partial charge in [0.25, 0.3) is 0 Å². The first kappa shape index (κ1) is 4.84. The van der Waals surface area contributed by atoms with E-state index in [2.05, 4.69) is 0 Å². The van der Waals surface area contributed by atoms with Crippen LogP contribution >= 0.6 is 0 Å². The molecule has 2 bridgehead atoms. The lowest BCUT2D eigenvalue weighted by Crippen LogP contribution is -2.03. The van der Waals surface area contributed by atoms with Gasteiger partial charge in [-0.05, 0) is 18.3 Å². The highest BCUT2D eigenvalue weighted by atomic mass is 14.3. The summed E-state index contributed by atoms with van der Waals surface area (Å²) in [5.74, 6) is 2.32. The van der Waals surface area contributed by atoms with Crippen molar-refractivity contribution in [2.75, 3.05) is 0 Å². The summed E-state index contributed by atoms with van der Waals surface area (Å²) in [5.41, 5.74) is 0. The summed E-state index contributed by atoms with van der Waals surface area (Å²) < 4.78 is 0. The molecular formula is C8H14. The lowest BCUT2D eigenvalue weighted by Gasteiger charge is -2.16. The molecule has 0 saturated heterocycles. The minimum atomic E-state index is 1.16. The van der Waals surface area contributed by atoms with E-state index in [1.165, 1.54) is 6.42 Å². The Balaban J connectivity index is 2.03. The van der Waals surface area contributed by atoms with Crippen molar-refractivity contribution >= 4 is 0 Å². The second-order valence-electron chi connectivity index (χ2n) is 3.48. The van der Waals surface area contributed by atoms with Crippen LogP contribution < -0.4 is 0 Å². The molecule has 0 aromatic carbocycles. The van der Waals surface area contributed by atoms with E-state index in [1.54, 1.807) is 32.1 Å². The fraction of sp³-hybridized carbons (Fsp3) is 1.00. The van der Waals surface area contributed by atoms with Gasteiger partial charge in [0.05, 0.1) is 0 Å². The van der Waals surface area contributed by atoms with Crippen LogP contribution in [0.5, 0.6) is 0 Å². The lowest BCUT2D eigenvalue weighted by atomic mass is 9.89. The molecule has 46 valence electrons. The molecule has 2 fully saturated rings. The molecule has 2 aliphatic carbocycles. The average Bonchev–Trinajstić information content (AvgIpc) is 2.12. The standard InChI is InChI=1S/C8H14/c1-2-7-4-5-8(3-1)6-7/h7-8H,1-6H2/t7-,8-/m1/s1. The topological polar surface area (TPSA) is 0 Å². The third kappa shape index (κ3) is 0.667. The van der Waals surface area contributed by atoms with Gasteiger partial charge in [0.1, 0.15) is 0 Å². The first-order valence-corrected chi connectivity index (χ1v) is 3.95. The first-order valence-electron chi connectivity index (χ1n) is 3.95. The largest absolute Gasteiger partial charge is 0.0528 e. The maximum absolute atomic E-state index is 1.58. The minimum absolute atomic E-state index is 1.16. The summed E-state index contributed by atoms with van der Waals surface area (Å²) in [4.78, 5) is 0. The first-order chi connectivity index (χ1) is 3.95. The molecule has 2 aliphatic rings. The Bertz CT molecular complexity index is 72.0. The molecule has 0 aromatic rings. The Hall–Kier alpha value is 0. The van der Waals surface area contributed by atoms with E-state index >= 15 is 0 Å². The molecule has 0 nitrogen and oxygen atoms in total. The molecule has 0 heteroatoms. The quantitative estimate of drug-likeness (QED) is 0.449. The Kier molecular flexibility index (Phi) is 1.06. The van der Waals surface area contributed by atoms with Gasteiger partial charge in [-0.2, -0.15) is 0 Å². The maximum Gasteiger partial charge on any atom is -0.0412 e. The zero-order valence-corrected chi connectivity index (χ0v) is 5.40. The Morgan fingerprint density at radius 2 is 1.38 bits per heavy atom. The van der Waals surface area contributed by atoms with Crippen molar-refractivity contribution in [1.29, 1.82) is 0 Å². The molecular weight excluding hydrogens is 96.1 g/mol.